The number of nitrogens with zero attached hydrogens (tertiary/aromatic N) is 3. The van der Waals surface area contributed by atoms with E-state index in [9.17, 15) is 4.39 Å². The Balaban J connectivity index is 1.69. The third-order valence-electron chi connectivity index (χ3n) is 5.08. The Labute approximate surface area is 178 Å². The molecule has 0 aliphatic heterocycles. The van der Waals surface area contributed by atoms with Crippen molar-refractivity contribution in [3.63, 3.8) is 0 Å². The summed E-state index contributed by atoms with van der Waals surface area (Å²) in [4.78, 5) is 9.01. The van der Waals surface area contributed by atoms with E-state index in [-0.39, 0.29) is 11.9 Å². The van der Waals surface area contributed by atoms with Gasteiger partial charge in [-0.05, 0) is 56.0 Å². The molecule has 0 fully saturated rings. The number of hydrogen-bond donors (Lipinski definition) is 2. The molecule has 0 amide bonds. The number of aromatic nitrogens is 2. The van der Waals surface area contributed by atoms with Gasteiger partial charge in [0.15, 0.2) is 5.96 Å². The van der Waals surface area contributed by atoms with Crippen LogP contribution in [0, 0.1) is 19.7 Å². The van der Waals surface area contributed by atoms with Crippen LogP contribution in [0.15, 0.2) is 59.9 Å². The Bertz CT molecular complexity index is 1010. The smallest absolute Gasteiger partial charge is 0.192 e. The Kier molecular flexibility index (Phi) is 7.22. The molecule has 0 spiro atoms. The van der Waals surface area contributed by atoms with E-state index in [4.69, 9.17) is 4.99 Å². The van der Waals surface area contributed by atoms with Gasteiger partial charge in [-0.15, -0.1) is 0 Å². The molecule has 6 heteroatoms. The average Bonchev–Trinajstić information content (AvgIpc) is 3.13. The summed E-state index contributed by atoms with van der Waals surface area (Å²) in [5.41, 5.74) is 3.89. The highest BCUT2D eigenvalue weighted by Crippen LogP contribution is 2.16. The molecule has 30 heavy (non-hydrogen) atoms. The minimum absolute atomic E-state index is 0.0616. The van der Waals surface area contributed by atoms with E-state index in [1.165, 1.54) is 5.56 Å². The van der Waals surface area contributed by atoms with E-state index in [2.05, 4.69) is 44.5 Å². The first-order valence-corrected chi connectivity index (χ1v) is 10.3. The Morgan fingerprint density at radius 2 is 1.97 bits per heavy atom. The van der Waals surface area contributed by atoms with E-state index in [0.29, 0.717) is 18.1 Å². The minimum atomic E-state index is -0.187. The molecule has 0 radical (unpaired) electrons. The van der Waals surface area contributed by atoms with Crippen molar-refractivity contribution in [2.24, 2.45) is 4.99 Å². The van der Waals surface area contributed by atoms with Crippen LogP contribution in [0.2, 0.25) is 0 Å². The zero-order valence-corrected chi connectivity index (χ0v) is 18.1. The lowest BCUT2D eigenvalue weighted by Gasteiger charge is -2.18. The van der Waals surface area contributed by atoms with Gasteiger partial charge in [-0.2, -0.15) is 0 Å². The van der Waals surface area contributed by atoms with E-state index < -0.39 is 0 Å². The maximum absolute atomic E-state index is 13.9. The monoisotopic (exact) mass is 407 g/mol. The first-order valence-electron chi connectivity index (χ1n) is 10.3. The largest absolute Gasteiger partial charge is 0.357 e. The van der Waals surface area contributed by atoms with Crippen LogP contribution in [0.25, 0.3) is 0 Å². The molecule has 1 unspecified atom stereocenters. The maximum atomic E-state index is 13.9. The summed E-state index contributed by atoms with van der Waals surface area (Å²) in [6.45, 7) is 9.90. The fourth-order valence-electron chi connectivity index (χ4n) is 3.25. The second kappa shape index (κ2) is 10.1. The zero-order valence-electron chi connectivity index (χ0n) is 18.1. The number of hydrogen-bond acceptors (Lipinski definition) is 2. The van der Waals surface area contributed by atoms with Crippen molar-refractivity contribution in [3.05, 3.63) is 88.8 Å². The van der Waals surface area contributed by atoms with Crippen LogP contribution in [0.5, 0.6) is 0 Å². The molecule has 0 saturated heterocycles. The third-order valence-corrected chi connectivity index (χ3v) is 5.08. The number of imidazole rings is 1. The molecule has 3 rings (SSSR count). The van der Waals surface area contributed by atoms with Crippen molar-refractivity contribution in [1.29, 1.82) is 0 Å². The standard InChI is InChI=1S/C24H30FN5/c1-5-26-24(29-18(3)22-10-9-17(2)23(25)14-22)28-15-20-7-6-8-21(13-20)16-30-12-11-27-19(30)4/h6-14,18H,5,15-16H2,1-4H3,(H2,26,28,29). The summed E-state index contributed by atoms with van der Waals surface area (Å²) < 4.78 is 16.0. The van der Waals surface area contributed by atoms with E-state index in [1.54, 1.807) is 19.1 Å². The molecule has 2 aromatic carbocycles. The van der Waals surface area contributed by atoms with Gasteiger partial charge >= 0.3 is 0 Å². The SMILES string of the molecule is CCNC(=NCc1cccc(Cn2ccnc2C)c1)NC(C)c1ccc(C)c(F)c1. The topological polar surface area (TPSA) is 54.2 Å². The Morgan fingerprint density at radius 3 is 2.67 bits per heavy atom. The number of nitrogens with one attached hydrogen (secondary N) is 2. The van der Waals surface area contributed by atoms with Crippen LogP contribution < -0.4 is 10.6 Å². The summed E-state index contributed by atoms with van der Waals surface area (Å²) in [7, 11) is 0. The molecular formula is C24H30FN5. The highest BCUT2D eigenvalue weighted by atomic mass is 19.1. The Hall–Kier alpha value is -3.15. The van der Waals surface area contributed by atoms with Gasteiger partial charge in [-0.25, -0.2) is 14.4 Å². The molecule has 1 atom stereocenters. The van der Waals surface area contributed by atoms with Gasteiger partial charge in [-0.1, -0.05) is 36.4 Å². The number of guanidine groups is 1. The number of benzene rings is 2. The second-order valence-electron chi connectivity index (χ2n) is 7.49. The van der Waals surface area contributed by atoms with E-state index >= 15 is 0 Å². The summed E-state index contributed by atoms with van der Waals surface area (Å²) in [5.74, 6) is 1.52. The van der Waals surface area contributed by atoms with Crippen molar-refractivity contribution in [1.82, 2.24) is 20.2 Å². The van der Waals surface area contributed by atoms with Crippen LogP contribution >= 0.6 is 0 Å². The third kappa shape index (κ3) is 5.69. The lowest BCUT2D eigenvalue weighted by molar-refractivity contribution is 0.607. The maximum Gasteiger partial charge on any atom is 0.192 e. The molecule has 1 aromatic heterocycles. The minimum Gasteiger partial charge on any atom is -0.357 e. The predicted octanol–water partition coefficient (Wildman–Crippen LogP) is 4.50. The summed E-state index contributed by atoms with van der Waals surface area (Å²) in [6.07, 6.45) is 3.81. The average molecular weight is 408 g/mol. The zero-order chi connectivity index (χ0) is 21.5. The van der Waals surface area contributed by atoms with Crippen molar-refractivity contribution < 1.29 is 4.39 Å². The highest BCUT2D eigenvalue weighted by Gasteiger charge is 2.10. The first-order chi connectivity index (χ1) is 14.5. The van der Waals surface area contributed by atoms with Gasteiger partial charge in [-0.3, -0.25) is 0 Å². The quantitative estimate of drug-likeness (QED) is 0.448. The van der Waals surface area contributed by atoms with Crippen LogP contribution in [-0.4, -0.2) is 22.1 Å². The lowest BCUT2D eigenvalue weighted by atomic mass is 10.1. The summed E-state index contributed by atoms with van der Waals surface area (Å²) in [5, 5.41) is 6.64. The second-order valence-corrected chi connectivity index (χ2v) is 7.49. The van der Waals surface area contributed by atoms with Crippen LogP contribution in [0.3, 0.4) is 0 Å². The van der Waals surface area contributed by atoms with Crippen molar-refractivity contribution in [2.45, 2.75) is 46.8 Å². The van der Waals surface area contributed by atoms with Gasteiger partial charge in [0.1, 0.15) is 11.6 Å². The van der Waals surface area contributed by atoms with E-state index in [0.717, 1.165) is 30.0 Å². The Morgan fingerprint density at radius 1 is 1.17 bits per heavy atom. The highest BCUT2D eigenvalue weighted by molar-refractivity contribution is 5.80. The molecule has 5 nitrogen and oxygen atoms in total. The molecule has 0 aliphatic rings. The predicted molar refractivity (Wildman–Crippen MR) is 120 cm³/mol. The molecule has 0 aliphatic carbocycles. The fourth-order valence-corrected chi connectivity index (χ4v) is 3.25. The van der Waals surface area contributed by atoms with Crippen molar-refractivity contribution in [3.8, 4) is 0 Å². The number of rotatable bonds is 7. The van der Waals surface area contributed by atoms with Gasteiger partial charge in [0.25, 0.3) is 0 Å². The summed E-state index contributed by atoms with van der Waals surface area (Å²) >= 11 is 0. The molecule has 0 bridgehead atoms. The van der Waals surface area contributed by atoms with Crippen LogP contribution in [0.1, 0.15) is 48.0 Å². The summed E-state index contributed by atoms with van der Waals surface area (Å²) in [6, 6.07) is 13.7. The van der Waals surface area contributed by atoms with Crippen LogP contribution in [0.4, 0.5) is 4.39 Å². The number of aliphatic imine (C=N–C) groups is 1. The fraction of sp³-hybridized carbons (Fsp3) is 0.333. The first kappa shape index (κ1) is 21.6. The van der Waals surface area contributed by atoms with Gasteiger partial charge < -0.3 is 15.2 Å². The number of halogens is 1. The van der Waals surface area contributed by atoms with Crippen molar-refractivity contribution >= 4 is 5.96 Å². The molecule has 158 valence electrons. The van der Waals surface area contributed by atoms with E-state index in [1.807, 2.05) is 39.2 Å². The molecule has 2 N–H and O–H groups in total. The lowest BCUT2D eigenvalue weighted by Crippen LogP contribution is -2.38. The van der Waals surface area contributed by atoms with Crippen molar-refractivity contribution in [2.75, 3.05) is 6.54 Å². The normalized spacial score (nSPS) is 12.6. The molecular weight excluding hydrogens is 377 g/mol. The molecule has 0 saturated carbocycles. The van der Waals surface area contributed by atoms with Gasteiger partial charge in [0.05, 0.1) is 12.6 Å². The van der Waals surface area contributed by atoms with Crippen LogP contribution in [-0.2, 0) is 13.1 Å². The molecule has 1 heterocycles. The number of aryl methyl sites for hydroxylation is 2. The molecule has 3 aromatic rings. The van der Waals surface area contributed by atoms with Gasteiger partial charge in [0, 0.05) is 25.5 Å². The van der Waals surface area contributed by atoms with Gasteiger partial charge in [0.2, 0.25) is 0 Å².